The monoisotopic (exact) mass is 241 g/mol. The van der Waals surface area contributed by atoms with E-state index >= 15 is 0 Å². The standard InChI is InChI=1S/C13H23NO3/c1-11(2,10(16)17)9(15)14-7-8-12(3,4)13(8,5)6/h8H,7H2,1-6H3,(H,14,15)(H,16,17). The molecule has 0 saturated heterocycles. The molecule has 1 amide bonds. The molecule has 1 rings (SSSR count). The lowest BCUT2D eigenvalue weighted by Gasteiger charge is -2.18. The van der Waals surface area contributed by atoms with E-state index in [4.69, 9.17) is 5.11 Å². The Balaban J connectivity index is 2.55. The maximum atomic E-state index is 11.8. The summed E-state index contributed by atoms with van der Waals surface area (Å²) in [5.41, 5.74) is -0.954. The van der Waals surface area contributed by atoms with Gasteiger partial charge in [-0.1, -0.05) is 27.7 Å². The first-order valence-electron chi connectivity index (χ1n) is 5.97. The molecule has 0 aromatic rings. The first kappa shape index (κ1) is 14.0. The maximum absolute atomic E-state index is 11.8. The summed E-state index contributed by atoms with van der Waals surface area (Å²) >= 11 is 0. The fourth-order valence-electron chi connectivity index (χ4n) is 2.36. The van der Waals surface area contributed by atoms with Gasteiger partial charge in [-0.05, 0) is 30.6 Å². The second-order valence-electron chi connectivity index (χ2n) is 6.64. The van der Waals surface area contributed by atoms with Crippen LogP contribution in [0.2, 0.25) is 0 Å². The zero-order chi connectivity index (χ0) is 13.6. The van der Waals surface area contributed by atoms with Crippen molar-refractivity contribution in [2.24, 2.45) is 22.2 Å². The number of carbonyl (C=O) groups is 2. The molecule has 1 saturated carbocycles. The number of aliphatic carboxylic acids is 1. The highest BCUT2D eigenvalue weighted by molar-refractivity contribution is 6.00. The molecule has 4 nitrogen and oxygen atoms in total. The summed E-state index contributed by atoms with van der Waals surface area (Å²) in [5.74, 6) is -1.10. The number of hydrogen-bond donors (Lipinski definition) is 2. The predicted molar refractivity (Wildman–Crippen MR) is 65.5 cm³/mol. The van der Waals surface area contributed by atoms with Gasteiger partial charge in [0.25, 0.3) is 0 Å². The van der Waals surface area contributed by atoms with Crippen LogP contribution < -0.4 is 5.32 Å². The number of nitrogens with one attached hydrogen (secondary N) is 1. The van der Waals surface area contributed by atoms with Crippen molar-refractivity contribution in [2.75, 3.05) is 6.54 Å². The van der Waals surface area contributed by atoms with E-state index in [1.54, 1.807) is 0 Å². The third-order valence-electron chi connectivity index (χ3n) is 4.89. The van der Waals surface area contributed by atoms with Crippen LogP contribution in [0.25, 0.3) is 0 Å². The Kier molecular flexibility index (Phi) is 3.06. The van der Waals surface area contributed by atoms with Crippen molar-refractivity contribution in [3.05, 3.63) is 0 Å². The highest BCUT2D eigenvalue weighted by Gasteiger charge is 2.64. The smallest absolute Gasteiger partial charge is 0.318 e. The topological polar surface area (TPSA) is 66.4 Å². The van der Waals surface area contributed by atoms with E-state index in [0.29, 0.717) is 12.5 Å². The molecule has 0 aromatic carbocycles. The molecule has 0 aliphatic heterocycles. The van der Waals surface area contributed by atoms with Crippen molar-refractivity contribution in [1.29, 1.82) is 0 Å². The van der Waals surface area contributed by atoms with E-state index in [0.717, 1.165) is 0 Å². The zero-order valence-corrected chi connectivity index (χ0v) is 11.5. The lowest BCUT2D eigenvalue weighted by molar-refractivity contribution is -0.153. The first-order valence-corrected chi connectivity index (χ1v) is 5.97. The highest BCUT2D eigenvalue weighted by Crippen LogP contribution is 2.67. The third-order valence-corrected chi connectivity index (χ3v) is 4.89. The molecular formula is C13H23NO3. The minimum absolute atomic E-state index is 0.202. The van der Waals surface area contributed by atoms with Crippen molar-refractivity contribution in [2.45, 2.75) is 41.5 Å². The van der Waals surface area contributed by atoms with E-state index in [1.807, 2.05) is 0 Å². The molecule has 0 heterocycles. The quantitative estimate of drug-likeness (QED) is 0.739. The Morgan fingerprint density at radius 3 is 1.88 bits per heavy atom. The molecule has 2 N–H and O–H groups in total. The molecule has 1 fully saturated rings. The molecule has 1 aliphatic carbocycles. The number of amides is 1. The van der Waals surface area contributed by atoms with Crippen LogP contribution in [0.1, 0.15) is 41.5 Å². The number of carboxylic acid groups (broad SMARTS) is 1. The summed E-state index contributed by atoms with van der Waals surface area (Å²) in [6.07, 6.45) is 0. The van der Waals surface area contributed by atoms with Gasteiger partial charge in [0.05, 0.1) is 0 Å². The number of hydrogen-bond acceptors (Lipinski definition) is 2. The number of carbonyl (C=O) groups excluding carboxylic acids is 1. The van der Waals surface area contributed by atoms with Crippen molar-refractivity contribution in [3.63, 3.8) is 0 Å². The van der Waals surface area contributed by atoms with E-state index in [2.05, 4.69) is 33.0 Å². The minimum Gasteiger partial charge on any atom is -0.480 e. The lowest BCUT2D eigenvalue weighted by atomic mass is 9.92. The van der Waals surface area contributed by atoms with Gasteiger partial charge in [-0.3, -0.25) is 9.59 Å². The SMILES string of the molecule is CC(C)(C(=O)O)C(=O)NCC1C(C)(C)C1(C)C. The van der Waals surface area contributed by atoms with Crippen molar-refractivity contribution in [3.8, 4) is 0 Å². The predicted octanol–water partition coefficient (Wildman–Crippen LogP) is 1.90. The summed E-state index contributed by atoms with van der Waals surface area (Å²) in [7, 11) is 0. The highest BCUT2D eigenvalue weighted by atomic mass is 16.4. The van der Waals surface area contributed by atoms with Gasteiger partial charge < -0.3 is 10.4 Å². The zero-order valence-electron chi connectivity index (χ0n) is 11.5. The molecule has 98 valence electrons. The first-order chi connectivity index (χ1) is 7.45. The summed E-state index contributed by atoms with van der Waals surface area (Å²) in [4.78, 5) is 22.7. The van der Waals surface area contributed by atoms with Gasteiger partial charge in [0, 0.05) is 6.54 Å². The molecule has 0 bridgehead atoms. The Labute approximate surface area is 103 Å². The Morgan fingerprint density at radius 1 is 1.18 bits per heavy atom. The molecule has 0 aromatic heterocycles. The largest absolute Gasteiger partial charge is 0.480 e. The molecule has 1 aliphatic rings. The summed E-state index contributed by atoms with van der Waals surface area (Å²) in [6.45, 7) is 12.1. The maximum Gasteiger partial charge on any atom is 0.318 e. The molecular weight excluding hydrogens is 218 g/mol. The average Bonchev–Trinajstić information content (AvgIpc) is 2.54. The van der Waals surface area contributed by atoms with E-state index in [-0.39, 0.29) is 10.8 Å². The molecule has 4 heteroatoms. The summed E-state index contributed by atoms with van der Waals surface area (Å²) in [5, 5.41) is 11.7. The average molecular weight is 241 g/mol. The van der Waals surface area contributed by atoms with Crippen LogP contribution in [0.15, 0.2) is 0 Å². The van der Waals surface area contributed by atoms with Gasteiger partial charge in [0.1, 0.15) is 5.41 Å². The Morgan fingerprint density at radius 2 is 1.59 bits per heavy atom. The van der Waals surface area contributed by atoms with Gasteiger partial charge in [0.15, 0.2) is 0 Å². The number of rotatable bonds is 4. The molecule has 0 radical (unpaired) electrons. The fourth-order valence-corrected chi connectivity index (χ4v) is 2.36. The Hall–Kier alpha value is -1.06. The van der Waals surface area contributed by atoms with Gasteiger partial charge in [0.2, 0.25) is 5.91 Å². The molecule has 0 atom stereocenters. The van der Waals surface area contributed by atoms with Gasteiger partial charge >= 0.3 is 5.97 Å². The second kappa shape index (κ2) is 3.72. The van der Waals surface area contributed by atoms with E-state index < -0.39 is 17.3 Å². The lowest BCUT2D eigenvalue weighted by Crippen LogP contribution is -2.43. The van der Waals surface area contributed by atoms with Crippen LogP contribution in [-0.4, -0.2) is 23.5 Å². The fraction of sp³-hybridized carbons (Fsp3) is 0.846. The van der Waals surface area contributed by atoms with Crippen molar-refractivity contribution < 1.29 is 14.7 Å². The van der Waals surface area contributed by atoms with Crippen molar-refractivity contribution >= 4 is 11.9 Å². The third kappa shape index (κ3) is 2.05. The molecule has 0 spiro atoms. The van der Waals surface area contributed by atoms with Gasteiger partial charge in [-0.2, -0.15) is 0 Å². The van der Waals surface area contributed by atoms with Crippen LogP contribution in [0.4, 0.5) is 0 Å². The van der Waals surface area contributed by atoms with Crippen LogP contribution >= 0.6 is 0 Å². The van der Waals surface area contributed by atoms with Crippen molar-refractivity contribution in [1.82, 2.24) is 5.32 Å². The minimum atomic E-state index is -1.36. The van der Waals surface area contributed by atoms with Crippen LogP contribution in [0.5, 0.6) is 0 Å². The van der Waals surface area contributed by atoms with E-state index in [9.17, 15) is 9.59 Å². The van der Waals surface area contributed by atoms with E-state index in [1.165, 1.54) is 13.8 Å². The van der Waals surface area contributed by atoms with Crippen LogP contribution in [-0.2, 0) is 9.59 Å². The normalized spacial score (nSPS) is 22.0. The summed E-state index contributed by atoms with van der Waals surface area (Å²) < 4.78 is 0. The second-order valence-corrected chi connectivity index (χ2v) is 6.64. The van der Waals surface area contributed by atoms with Gasteiger partial charge in [-0.25, -0.2) is 0 Å². The summed E-state index contributed by atoms with van der Waals surface area (Å²) in [6, 6.07) is 0. The Bertz CT molecular complexity index is 342. The van der Waals surface area contributed by atoms with Crippen LogP contribution in [0, 0.1) is 22.2 Å². The molecule has 17 heavy (non-hydrogen) atoms. The number of carboxylic acids is 1. The van der Waals surface area contributed by atoms with Crippen LogP contribution in [0.3, 0.4) is 0 Å². The van der Waals surface area contributed by atoms with Gasteiger partial charge in [-0.15, -0.1) is 0 Å². The molecule has 0 unspecified atom stereocenters.